The van der Waals surface area contributed by atoms with Crippen LogP contribution in [0, 0.1) is 6.92 Å². The average Bonchev–Trinajstić information content (AvgIpc) is 2.53. The molecule has 2 rings (SSSR count). The standard InChI is InChI=1S/C10H17N3O/c1-7-8-4-6-13(2)9(3-5-11)10(8)14-12-7/h9H,3-6,11H2,1-2H3. The Morgan fingerprint density at radius 3 is 3.14 bits per heavy atom. The van der Waals surface area contributed by atoms with Crippen molar-refractivity contribution in [1.82, 2.24) is 10.1 Å². The highest BCUT2D eigenvalue weighted by Crippen LogP contribution is 2.32. The van der Waals surface area contributed by atoms with E-state index >= 15 is 0 Å². The molecule has 1 unspecified atom stereocenters. The molecule has 78 valence electrons. The van der Waals surface area contributed by atoms with Crippen LogP contribution in [0.25, 0.3) is 0 Å². The number of nitrogens with zero attached hydrogens (tertiary/aromatic N) is 2. The summed E-state index contributed by atoms with van der Waals surface area (Å²) in [5.41, 5.74) is 7.93. The van der Waals surface area contributed by atoms with Crippen LogP contribution in [0.2, 0.25) is 0 Å². The Morgan fingerprint density at radius 2 is 2.43 bits per heavy atom. The zero-order valence-electron chi connectivity index (χ0n) is 8.79. The van der Waals surface area contributed by atoms with Crippen LogP contribution < -0.4 is 5.73 Å². The summed E-state index contributed by atoms with van der Waals surface area (Å²) in [7, 11) is 2.11. The van der Waals surface area contributed by atoms with Crippen molar-refractivity contribution in [2.75, 3.05) is 20.1 Å². The van der Waals surface area contributed by atoms with E-state index in [0.29, 0.717) is 12.6 Å². The molecule has 1 aliphatic rings. The minimum absolute atomic E-state index is 0.324. The van der Waals surface area contributed by atoms with Gasteiger partial charge in [0.1, 0.15) is 0 Å². The molecule has 0 aromatic carbocycles. The molecule has 0 amide bonds. The summed E-state index contributed by atoms with van der Waals surface area (Å²) in [4.78, 5) is 2.29. The molecule has 2 heterocycles. The molecular weight excluding hydrogens is 178 g/mol. The lowest BCUT2D eigenvalue weighted by Crippen LogP contribution is -2.32. The van der Waals surface area contributed by atoms with Crippen LogP contribution in [-0.4, -0.2) is 30.2 Å². The van der Waals surface area contributed by atoms with Crippen molar-refractivity contribution in [3.8, 4) is 0 Å². The van der Waals surface area contributed by atoms with Crippen LogP contribution in [0.15, 0.2) is 4.52 Å². The van der Waals surface area contributed by atoms with E-state index < -0.39 is 0 Å². The molecule has 0 bridgehead atoms. The van der Waals surface area contributed by atoms with Gasteiger partial charge in [-0.3, -0.25) is 4.90 Å². The third-order valence-corrected chi connectivity index (χ3v) is 3.00. The molecule has 0 saturated carbocycles. The molecule has 1 aromatic rings. The van der Waals surface area contributed by atoms with Gasteiger partial charge in [0.15, 0.2) is 5.76 Å². The van der Waals surface area contributed by atoms with Crippen LogP contribution in [-0.2, 0) is 6.42 Å². The molecule has 1 aliphatic heterocycles. The lowest BCUT2D eigenvalue weighted by atomic mass is 9.97. The first kappa shape index (κ1) is 9.68. The first-order valence-corrected chi connectivity index (χ1v) is 5.09. The molecule has 0 fully saturated rings. The van der Waals surface area contributed by atoms with E-state index in [0.717, 1.165) is 30.8 Å². The second kappa shape index (κ2) is 3.71. The first-order valence-electron chi connectivity index (χ1n) is 5.09. The number of rotatable bonds is 2. The monoisotopic (exact) mass is 195 g/mol. The van der Waals surface area contributed by atoms with Gasteiger partial charge in [-0.05, 0) is 33.4 Å². The average molecular weight is 195 g/mol. The molecule has 14 heavy (non-hydrogen) atoms. The Bertz CT molecular complexity index is 321. The summed E-state index contributed by atoms with van der Waals surface area (Å²) < 4.78 is 5.38. The van der Waals surface area contributed by atoms with Gasteiger partial charge in [-0.25, -0.2) is 0 Å². The minimum atomic E-state index is 0.324. The second-order valence-electron chi connectivity index (χ2n) is 3.93. The fourth-order valence-corrected chi connectivity index (χ4v) is 2.13. The van der Waals surface area contributed by atoms with E-state index in [1.54, 1.807) is 0 Å². The van der Waals surface area contributed by atoms with Crippen molar-refractivity contribution in [3.63, 3.8) is 0 Å². The molecule has 2 N–H and O–H groups in total. The summed E-state index contributed by atoms with van der Waals surface area (Å²) in [6.45, 7) is 3.76. The first-order chi connectivity index (χ1) is 6.74. The fraction of sp³-hybridized carbons (Fsp3) is 0.700. The molecule has 1 aromatic heterocycles. The highest BCUT2D eigenvalue weighted by Gasteiger charge is 2.29. The number of hydrogen-bond donors (Lipinski definition) is 1. The number of aryl methyl sites for hydroxylation is 1. The van der Waals surface area contributed by atoms with E-state index in [4.69, 9.17) is 10.3 Å². The van der Waals surface area contributed by atoms with Crippen molar-refractivity contribution in [2.45, 2.75) is 25.8 Å². The van der Waals surface area contributed by atoms with Crippen molar-refractivity contribution in [3.05, 3.63) is 17.0 Å². The lowest BCUT2D eigenvalue weighted by Gasteiger charge is -2.30. The van der Waals surface area contributed by atoms with E-state index in [-0.39, 0.29) is 0 Å². The van der Waals surface area contributed by atoms with Gasteiger partial charge in [0, 0.05) is 12.1 Å². The van der Waals surface area contributed by atoms with Crippen molar-refractivity contribution >= 4 is 0 Å². The van der Waals surface area contributed by atoms with Gasteiger partial charge in [-0.1, -0.05) is 5.16 Å². The van der Waals surface area contributed by atoms with Crippen molar-refractivity contribution in [1.29, 1.82) is 0 Å². The molecule has 0 aliphatic carbocycles. The third-order valence-electron chi connectivity index (χ3n) is 3.00. The topological polar surface area (TPSA) is 55.3 Å². The zero-order valence-corrected chi connectivity index (χ0v) is 8.79. The minimum Gasteiger partial charge on any atom is -0.359 e. The van der Waals surface area contributed by atoms with E-state index in [9.17, 15) is 0 Å². The summed E-state index contributed by atoms with van der Waals surface area (Å²) in [5, 5.41) is 4.02. The summed E-state index contributed by atoms with van der Waals surface area (Å²) >= 11 is 0. The number of likely N-dealkylation sites (N-methyl/N-ethyl adjacent to an activating group) is 1. The van der Waals surface area contributed by atoms with E-state index in [1.165, 1.54) is 5.56 Å². The van der Waals surface area contributed by atoms with Crippen LogP contribution in [0.4, 0.5) is 0 Å². The Labute approximate surface area is 84.0 Å². The number of nitrogens with two attached hydrogens (primary N) is 1. The van der Waals surface area contributed by atoms with Gasteiger partial charge in [-0.15, -0.1) is 0 Å². The maximum Gasteiger partial charge on any atom is 0.157 e. The smallest absolute Gasteiger partial charge is 0.157 e. The van der Waals surface area contributed by atoms with Gasteiger partial charge in [-0.2, -0.15) is 0 Å². The molecular formula is C10H17N3O. The normalized spacial score (nSPS) is 22.4. The van der Waals surface area contributed by atoms with Gasteiger partial charge in [0.2, 0.25) is 0 Å². The zero-order chi connectivity index (χ0) is 10.1. The molecule has 4 heteroatoms. The predicted octanol–water partition coefficient (Wildman–Crippen LogP) is 0.861. The highest BCUT2D eigenvalue weighted by molar-refractivity contribution is 5.27. The Morgan fingerprint density at radius 1 is 1.64 bits per heavy atom. The third kappa shape index (κ3) is 1.44. The lowest BCUT2D eigenvalue weighted by molar-refractivity contribution is 0.179. The quantitative estimate of drug-likeness (QED) is 0.760. The Balaban J connectivity index is 2.32. The molecule has 0 radical (unpaired) electrons. The second-order valence-corrected chi connectivity index (χ2v) is 3.93. The number of aromatic nitrogens is 1. The van der Waals surface area contributed by atoms with Crippen molar-refractivity contribution < 1.29 is 4.52 Å². The number of hydrogen-bond acceptors (Lipinski definition) is 4. The molecule has 0 spiro atoms. The van der Waals surface area contributed by atoms with E-state index in [2.05, 4.69) is 17.1 Å². The summed E-state index contributed by atoms with van der Waals surface area (Å²) in [5.74, 6) is 1.03. The van der Waals surface area contributed by atoms with Crippen LogP contribution in [0.5, 0.6) is 0 Å². The maximum absolute atomic E-state index is 5.60. The Kier molecular flexibility index (Phi) is 2.56. The molecule has 0 saturated heterocycles. The number of fused-ring (bicyclic) bond motifs is 1. The highest BCUT2D eigenvalue weighted by atomic mass is 16.5. The van der Waals surface area contributed by atoms with Crippen LogP contribution in [0.1, 0.15) is 29.5 Å². The van der Waals surface area contributed by atoms with E-state index in [1.807, 2.05) is 6.92 Å². The SMILES string of the molecule is Cc1noc2c1CCN(C)C2CCN. The maximum atomic E-state index is 5.60. The fourth-order valence-electron chi connectivity index (χ4n) is 2.13. The predicted molar refractivity (Wildman–Crippen MR) is 54.0 cm³/mol. The van der Waals surface area contributed by atoms with Gasteiger partial charge < -0.3 is 10.3 Å². The Hall–Kier alpha value is -0.870. The molecule has 4 nitrogen and oxygen atoms in total. The molecule has 1 atom stereocenters. The van der Waals surface area contributed by atoms with Crippen LogP contribution in [0.3, 0.4) is 0 Å². The van der Waals surface area contributed by atoms with Gasteiger partial charge in [0.25, 0.3) is 0 Å². The van der Waals surface area contributed by atoms with Crippen molar-refractivity contribution in [2.24, 2.45) is 5.73 Å². The van der Waals surface area contributed by atoms with Crippen LogP contribution >= 0.6 is 0 Å². The van der Waals surface area contributed by atoms with Gasteiger partial charge >= 0.3 is 0 Å². The largest absolute Gasteiger partial charge is 0.359 e. The summed E-state index contributed by atoms with van der Waals surface area (Å²) in [6, 6.07) is 0.324. The van der Waals surface area contributed by atoms with Gasteiger partial charge in [0.05, 0.1) is 11.7 Å². The summed E-state index contributed by atoms with van der Waals surface area (Å²) in [6.07, 6.45) is 1.99.